The Bertz CT molecular complexity index is 612. The van der Waals surface area contributed by atoms with Crippen LogP contribution < -0.4 is 5.73 Å². The molecule has 0 bridgehead atoms. The van der Waals surface area contributed by atoms with Crippen LogP contribution in [0.15, 0.2) is 36.4 Å². The predicted molar refractivity (Wildman–Crippen MR) is 65.7 cm³/mol. The summed E-state index contributed by atoms with van der Waals surface area (Å²) in [7, 11) is 0. The topological polar surface area (TPSA) is 49.8 Å². The number of hydrogen-bond donors (Lipinski definition) is 1. The third-order valence-electron chi connectivity index (χ3n) is 2.74. The first-order chi connectivity index (χ1) is 8.13. The number of nitriles is 1. The van der Waals surface area contributed by atoms with Gasteiger partial charge in [0.05, 0.1) is 5.56 Å². The highest BCUT2D eigenvalue weighted by Crippen LogP contribution is 2.28. The van der Waals surface area contributed by atoms with Crippen molar-refractivity contribution in [1.82, 2.24) is 0 Å². The van der Waals surface area contributed by atoms with Gasteiger partial charge >= 0.3 is 0 Å². The molecule has 0 radical (unpaired) electrons. The van der Waals surface area contributed by atoms with Crippen LogP contribution in [-0.2, 0) is 0 Å². The summed E-state index contributed by atoms with van der Waals surface area (Å²) in [5.41, 5.74) is 8.97. The normalized spacial score (nSPS) is 9.94. The molecular formula is C14H11FN2. The fraction of sp³-hybridized carbons (Fsp3) is 0.0714. The van der Waals surface area contributed by atoms with E-state index in [9.17, 15) is 4.39 Å². The maximum absolute atomic E-state index is 13.2. The van der Waals surface area contributed by atoms with Crippen molar-refractivity contribution in [3.8, 4) is 17.2 Å². The van der Waals surface area contributed by atoms with E-state index in [1.807, 2.05) is 13.0 Å². The third-order valence-corrected chi connectivity index (χ3v) is 2.74. The van der Waals surface area contributed by atoms with Crippen LogP contribution in [0.3, 0.4) is 0 Å². The lowest BCUT2D eigenvalue weighted by Crippen LogP contribution is -1.95. The molecule has 0 amide bonds. The highest BCUT2D eigenvalue weighted by Gasteiger charge is 2.09. The molecule has 0 spiro atoms. The molecule has 17 heavy (non-hydrogen) atoms. The standard InChI is InChI=1S/C14H11FN2/c1-9-12(5-6-14(17)13(9)8-16)10-3-2-4-11(15)7-10/h2-7H,17H2,1H3. The Morgan fingerprint density at radius 2 is 2.00 bits per heavy atom. The number of nitrogens with two attached hydrogens (primary N) is 1. The number of rotatable bonds is 1. The molecule has 2 nitrogen and oxygen atoms in total. The summed E-state index contributed by atoms with van der Waals surface area (Å²) in [5, 5.41) is 9.02. The first-order valence-corrected chi connectivity index (χ1v) is 5.18. The Balaban J connectivity index is 2.66. The van der Waals surface area contributed by atoms with Gasteiger partial charge in [0.25, 0.3) is 0 Å². The van der Waals surface area contributed by atoms with E-state index in [2.05, 4.69) is 6.07 Å². The van der Waals surface area contributed by atoms with E-state index in [1.54, 1.807) is 18.2 Å². The van der Waals surface area contributed by atoms with Gasteiger partial charge in [0.15, 0.2) is 0 Å². The van der Waals surface area contributed by atoms with Crippen molar-refractivity contribution in [2.75, 3.05) is 5.73 Å². The van der Waals surface area contributed by atoms with E-state index >= 15 is 0 Å². The molecule has 0 fully saturated rings. The molecule has 2 aromatic rings. The summed E-state index contributed by atoms with van der Waals surface area (Å²) >= 11 is 0. The second kappa shape index (κ2) is 4.26. The van der Waals surface area contributed by atoms with E-state index in [4.69, 9.17) is 11.0 Å². The minimum atomic E-state index is -0.294. The smallest absolute Gasteiger partial charge is 0.123 e. The fourth-order valence-corrected chi connectivity index (χ4v) is 1.85. The maximum Gasteiger partial charge on any atom is 0.123 e. The second-order valence-electron chi connectivity index (χ2n) is 3.82. The lowest BCUT2D eigenvalue weighted by molar-refractivity contribution is 0.628. The van der Waals surface area contributed by atoms with Crippen LogP contribution in [0.4, 0.5) is 10.1 Å². The summed E-state index contributed by atoms with van der Waals surface area (Å²) in [6.07, 6.45) is 0. The van der Waals surface area contributed by atoms with Gasteiger partial charge in [-0.15, -0.1) is 0 Å². The summed E-state index contributed by atoms with van der Waals surface area (Å²) in [5.74, 6) is -0.294. The van der Waals surface area contributed by atoms with E-state index in [1.165, 1.54) is 12.1 Å². The average Bonchev–Trinajstić information content (AvgIpc) is 2.29. The van der Waals surface area contributed by atoms with E-state index in [0.29, 0.717) is 11.3 Å². The molecule has 0 aliphatic carbocycles. The molecule has 0 aliphatic heterocycles. The zero-order valence-electron chi connectivity index (χ0n) is 9.37. The van der Waals surface area contributed by atoms with Gasteiger partial charge in [-0.2, -0.15) is 5.26 Å². The molecule has 3 heteroatoms. The van der Waals surface area contributed by atoms with Crippen LogP contribution in [0.1, 0.15) is 11.1 Å². The van der Waals surface area contributed by atoms with Crippen LogP contribution in [0.5, 0.6) is 0 Å². The molecule has 0 saturated carbocycles. The number of benzene rings is 2. The Hall–Kier alpha value is -2.34. The Morgan fingerprint density at radius 1 is 1.24 bits per heavy atom. The number of halogens is 1. The van der Waals surface area contributed by atoms with Gasteiger partial charge in [0, 0.05) is 5.69 Å². The van der Waals surface area contributed by atoms with E-state index < -0.39 is 0 Å². The molecular weight excluding hydrogens is 215 g/mol. The van der Waals surface area contributed by atoms with Gasteiger partial charge in [-0.1, -0.05) is 18.2 Å². The third kappa shape index (κ3) is 1.98. The molecule has 0 heterocycles. The summed E-state index contributed by atoms with van der Waals surface area (Å²) in [4.78, 5) is 0. The van der Waals surface area contributed by atoms with Gasteiger partial charge in [0.2, 0.25) is 0 Å². The van der Waals surface area contributed by atoms with Gasteiger partial charge in [-0.05, 0) is 41.8 Å². The van der Waals surface area contributed by atoms with Crippen LogP contribution >= 0.6 is 0 Å². The van der Waals surface area contributed by atoms with Crippen molar-refractivity contribution >= 4 is 5.69 Å². The molecule has 0 aromatic heterocycles. The zero-order valence-corrected chi connectivity index (χ0v) is 9.37. The first kappa shape index (κ1) is 11.2. The second-order valence-corrected chi connectivity index (χ2v) is 3.82. The summed E-state index contributed by atoms with van der Waals surface area (Å²) in [6.45, 7) is 1.81. The number of nitrogen functional groups attached to an aromatic ring is 1. The van der Waals surface area contributed by atoms with Crippen LogP contribution in [0.2, 0.25) is 0 Å². The van der Waals surface area contributed by atoms with Crippen LogP contribution in [0.25, 0.3) is 11.1 Å². The van der Waals surface area contributed by atoms with Crippen molar-refractivity contribution < 1.29 is 4.39 Å². The zero-order chi connectivity index (χ0) is 12.4. The monoisotopic (exact) mass is 226 g/mol. The van der Waals surface area contributed by atoms with Crippen molar-refractivity contribution in [2.24, 2.45) is 0 Å². The highest BCUT2D eigenvalue weighted by atomic mass is 19.1. The van der Waals surface area contributed by atoms with Gasteiger partial charge < -0.3 is 5.73 Å². The number of nitrogens with zero attached hydrogens (tertiary/aromatic N) is 1. The van der Waals surface area contributed by atoms with Gasteiger partial charge in [0.1, 0.15) is 11.9 Å². The summed E-state index contributed by atoms with van der Waals surface area (Å²) < 4.78 is 13.2. The Morgan fingerprint density at radius 3 is 2.65 bits per heavy atom. The molecule has 2 N–H and O–H groups in total. The lowest BCUT2D eigenvalue weighted by Gasteiger charge is -2.09. The van der Waals surface area contributed by atoms with Crippen molar-refractivity contribution in [3.63, 3.8) is 0 Å². The van der Waals surface area contributed by atoms with Crippen molar-refractivity contribution in [2.45, 2.75) is 6.92 Å². The SMILES string of the molecule is Cc1c(-c2cccc(F)c2)ccc(N)c1C#N. The van der Waals surface area contributed by atoms with Gasteiger partial charge in [-0.25, -0.2) is 4.39 Å². The molecule has 0 unspecified atom stereocenters. The highest BCUT2D eigenvalue weighted by molar-refractivity contribution is 5.74. The Labute approximate surface area is 99.1 Å². The average molecular weight is 226 g/mol. The molecule has 0 atom stereocenters. The van der Waals surface area contributed by atoms with E-state index in [0.717, 1.165) is 16.7 Å². The van der Waals surface area contributed by atoms with Crippen LogP contribution in [0, 0.1) is 24.1 Å². The molecule has 2 aromatic carbocycles. The molecule has 0 saturated heterocycles. The lowest BCUT2D eigenvalue weighted by atomic mass is 9.96. The predicted octanol–water partition coefficient (Wildman–Crippen LogP) is 3.26. The van der Waals surface area contributed by atoms with E-state index in [-0.39, 0.29) is 5.82 Å². The quantitative estimate of drug-likeness (QED) is 0.759. The minimum absolute atomic E-state index is 0.294. The maximum atomic E-state index is 13.2. The molecule has 84 valence electrons. The molecule has 0 aliphatic rings. The number of anilines is 1. The Kier molecular flexibility index (Phi) is 2.80. The fourth-order valence-electron chi connectivity index (χ4n) is 1.85. The van der Waals surface area contributed by atoms with Gasteiger partial charge in [-0.3, -0.25) is 0 Å². The summed E-state index contributed by atoms with van der Waals surface area (Å²) in [6, 6.07) is 11.8. The van der Waals surface area contributed by atoms with Crippen LogP contribution in [-0.4, -0.2) is 0 Å². The minimum Gasteiger partial charge on any atom is -0.398 e. The van der Waals surface area contributed by atoms with Crippen molar-refractivity contribution in [3.05, 3.63) is 53.3 Å². The molecule has 2 rings (SSSR count). The van der Waals surface area contributed by atoms with Crippen molar-refractivity contribution in [1.29, 1.82) is 5.26 Å². The largest absolute Gasteiger partial charge is 0.398 e. The first-order valence-electron chi connectivity index (χ1n) is 5.18. The number of hydrogen-bond acceptors (Lipinski definition) is 2.